The Morgan fingerprint density at radius 1 is 1.50 bits per heavy atom. The van der Waals surface area contributed by atoms with Crippen molar-refractivity contribution in [3.05, 3.63) is 0 Å². The van der Waals surface area contributed by atoms with Gasteiger partial charge in [0.05, 0.1) is 13.2 Å². The molecule has 2 heterocycles. The van der Waals surface area contributed by atoms with Crippen LogP contribution in [0.15, 0.2) is 0 Å². The molecule has 4 unspecified atom stereocenters. The lowest BCUT2D eigenvalue weighted by atomic mass is 9.87. The van der Waals surface area contributed by atoms with Gasteiger partial charge in [0.2, 0.25) is 0 Å². The third kappa shape index (κ3) is 0.736. The smallest absolute Gasteiger partial charge is 0.105 e. The highest BCUT2D eigenvalue weighted by molar-refractivity contribution is 7.64. The van der Waals surface area contributed by atoms with E-state index >= 15 is 0 Å². The first-order valence-corrected chi connectivity index (χ1v) is 7.30. The van der Waals surface area contributed by atoms with Gasteiger partial charge in [-0.05, 0) is 19.5 Å². The Morgan fingerprint density at radius 3 is 3.08 bits per heavy atom. The standard InChI is InChI=1S/C9H15O2P/c1-12(10)6-7-9(11-7)5-3-2-4-8(9)12/h7-8H,2-6H2,1H3. The topological polar surface area (TPSA) is 29.6 Å². The van der Waals surface area contributed by atoms with Gasteiger partial charge in [-0.25, -0.2) is 0 Å². The molecule has 2 saturated heterocycles. The second-order valence-corrected chi connectivity index (χ2v) is 8.02. The molecule has 1 aliphatic carbocycles. The van der Waals surface area contributed by atoms with Crippen LogP contribution >= 0.6 is 7.14 Å². The Balaban J connectivity index is 1.99. The molecule has 0 bridgehead atoms. The van der Waals surface area contributed by atoms with Gasteiger partial charge in [-0.2, -0.15) is 0 Å². The number of epoxide rings is 1. The van der Waals surface area contributed by atoms with Crippen LogP contribution in [0.5, 0.6) is 0 Å². The molecule has 2 nitrogen and oxygen atoms in total. The number of rotatable bonds is 0. The number of ether oxygens (including phenoxy) is 1. The van der Waals surface area contributed by atoms with Crippen LogP contribution < -0.4 is 0 Å². The first kappa shape index (κ1) is 7.58. The van der Waals surface area contributed by atoms with Gasteiger partial charge in [-0.3, -0.25) is 0 Å². The molecule has 0 aromatic rings. The number of hydrogen-bond acceptors (Lipinski definition) is 2. The monoisotopic (exact) mass is 186 g/mol. The first-order chi connectivity index (χ1) is 5.65. The predicted octanol–water partition coefficient (Wildman–Crippen LogP) is 2.07. The molecule has 68 valence electrons. The largest absolute Gasteiger partial charge is 0.365 e. The molecule has 0 aromatic heterocycles. The van der Waals surface area contributed by atoms with Crippen LogP contribution in [-0.4, -0.2) is 30.2 Å². The molecule has 3 rings (SSSR count). The Kier molecular flexibility index (Phi) is 1.25. The van der Waals surface area contributed by atoms with Gasteiger partial charge in [0.1, 0.15) is 5.60 Å². The van der Waals surface area contributed by atoms with E-state index in [1.165, 1.54) is 19.3 Å². The summed E-state index contributed by atoms with van der Waals surface area (Å²) in [7, 11) is -1.82. The quantitative estimate of drug-likeness (QED) is 0.428. The van der Waals surface area contributed by atoms with Crippen molar-refractivity contribution in [3.63, 3.8) is 0 Å². The van der Waals surface area contributed by atoms with Gasteiger partial charge < -0.3 is 9.30 Å². The van der Waals surface area contributed by atoms with E-state index in [1.54, 1.807) is 0 Å². The van der Waals surface area contributed by atoms with Crippen molar-refractivity contribution in [1.29, 1.82) is 0 Å². The fraction of sp³-hybridized carbons (Fsp3) is 1.00. The molecule has 3 aliphatic rings. The van der Waals surface area contributed by atoms with Crippen molar-refractivity contribution in [1.82, 2.24) is 0 Å². The summed E-state index contributed by atoms with van der Waals surface area (Å²) in [6.45, 7) is 1.99. The van der Waals surface area contributed by atoms with Crippen LogP contribution in [0.2, 0.25) is 0 Å². The van der Waals surface area contributed by atoms with E-state index in [9.17, 15) is 4.57 Å². The van der Waals surface area contributed by atoms with Crippen LogP contribution in [0, 0.1) is 0 Å². The minimum Gasteiger partial charge on any atom is -0.365 e. The maximum atomic E-state index is 12.1. The van der Waals surface area contributed by atoms with Crippen molar-refractivity contribution < 1.29 is 9.30 Å². The highest BCUT2D eigenvalue weighted by Gasteiger charge is 2.71. The molecule has 0 radical (unpaired) electrons. The van der Waals surface area contributed by atoms with Crippen molar-refractivity contribution in [2.45, 2.75) is 43.0 Å². The zero-order valence-corrected chi connectivity index (χ0v) is 8.35. The summed E-state index contributed by atoms with van der Waals surface area (Å²) in [5.74, 6) is 0. The third-order valence-corrected chi connectivity index (χ3v) is 6.97. The normalized spacial score (nSPS) is 62.4. The molecule has 3 heteroatoms. The maximum Gasteiger partial charge on any atom is 0.105 e. The average molecular weight is 186 g/mol. The third-order valence-electron chi connectivity index (χ3n) is 3.90. The Hall–Kier alpha value is 0.190. The van der Waals surface area contributed by atoms with Crippen LogP contribution in [0.3, 0.4) is 0 Å². The van der Waals surface area contributed by atoms with Gasteiger partial charge in [-0.1, -0.05) is 12.8 Å². The summed E-state index contributed by atoms with van der Waals surface area (Å²) >= 11 is 0. The Bertz CT molecular complexity index is 276. The second kappa shape index (κ2) is 1.99. The molecule has 4 atom stereocenters. The van der Waals surface area contributed by atoms with E-state index in [4.69, 9.17) is 4.74 Å². The van der Waals surface area contributed by atoms with E-state index in [1.807, 2.05) is 6.66 Å². The predicted molar refractivity (Wildman–Crippen MR) is 48.3 cm³/mol. The van der Waals surface area contributed by atoms with Crippen LogP contribution in [0.1, 0.15) is 25.7 Å². The first-order valence-electron chi connectivity index (χ1n) is 4.89. The van der Waals surface area contributed by atoms with Crippen LogP contribution in [0.25, 0.3) is 0 Å². The fourth-order valence-electron chi connectivity index (χ4n) is 3.28. The summed E-state index contributed by atoms with van der Waals surface area (Å²) < 4.78 is 17.8. The number of hydrogen-bond donors (Lipinski definition) is 0. The van der Waals surface area contributed by atoms with Gasteiger partial charge in [0.25, 0.3) is 0 Å². The lowest BCUT2D eigenvalue weighted by Crippen LogP contribution is -2.30. The molecule has 0 N–H and O–H groups in total. The van der Waals surface area contributed by atoms with E-state index in [-0.39, 0.29) is 5.60 Å². The maximum absolute atomic E-state index is 12.1. The van der Waals surface area contributed by atoms with Crippen molar-refractivity contribution in [2.24, 2.45) is 0 Å². The van der Waals surface area contributed by atoms with Gasteiger partial charge in [-0.15, -0.1) is 0 Å². The lowest BCUT2D eigenvalue weighted by molar-refractivity contribution is 0.231. The molecule has 3 fully saturated rings. The van der Waals surface area contributed by atoms with Gasteiger partial charge in [0.15, 0.2) is 0 Å². The SMILES string of the molecule is CP1(=O)CC2OC23CCCCC31. The van der Waals surface area contributed by atoms with Crippen molar-refractivity contribution in [2.75, 3.05) is 12.8 Å². The molecule has 1 saturated carbocycles. The minimum atomic E-state index is -1.82. The zero-order chi connectivity index (χ0) is 8.40. The average Bonchev–Trinajstić information content (AvgIpc) is 2.57. The van der Waals surface area contributed by atoms with E-state index < -0.39 is 7.14 Å². The molecular weight excluding hydrogens is 171 g/mol. The summed E-state index contributed by atoms with van der Waals surface area (Å²) in [5, 5.41) is 0. The molecular formula is C9H15O2P. The van der Waals surface area contributed by atoms with Crippen molar-refractivity contribution in [3.8, 4) is 0 Å². The van der Waals surface area contributed by atoms with Crippen molar-refractivity contribution >= 4 is 7.14 Å². The van der Waals surface area contributed by atoms with E-state index in [2.05, 4.69) is 0 Å². The van der Waals surface area contributed by atoms with Crippen LogP contribution in [0.4, 0.5) is 0 Å². The van der Waals surface area contributed by atoms with Crippen LogP contribution in [-0.2, 0) is 9.30 Å². The second-order valence-electron chi connectivity index (χ2n) is 4.68. The van der Waals surface area contributed by atoms with Gasteiger partial charge >= 0.3 is 0 Å². The fourth-order valence-corrected chi connectivity index (χ4v) is 6.58. The molecule has 2 aliphatic heterocycles. The van der Waals surface area contributed by atoms with E-state index in [0.29, 0.717) is 11.8 Å². The summed E-state index contributed by atoms with van der Waals surface area (Å²) in [5.41, 5.74) is 0.562. The molecule has 12 heavy (non-hydrogen) atoms. The Morgan fingerprint density at radius 2 is 2.33 bits per heavy atom. The molecule has 0 amide bonds. The molecule has 1 spiro atoms. The molecule has 0 aromatic carbocycles. The summed E-state index contributed by atoms with van der Waals surface area (Å²) in [4.78, 5) is 0. The zero-order valence-electron chi connectivity index (χ0n) is 7.45. The summed E-state index contributed by atoms with van der Waals surface area (Å²) in [6.07, 6.45) is 6.15. The highest BCUT2D eigenvalue weighted by Crippen LogP contribution is 2.71. The Labute approximate surface area is 73.0 Å². The van der Waals surface area contributed by atoms with Gasteiger partial charge in [0, 0.05) is 11.8 Å². The minimum absolute atomic E-state index is 0.128. The lowest BCUT2D eigenvalue weighted by Gasteiger charge is -2.29. The van der Waals surface area contributed by atoms with E-state index in [0.717, 1.165) is 12.6 Å². The summed E-state index contributed by atoms with van der Waals surface area (Å²) in [6, 6.07) is 0. The highest BCUT2D eigenvalue weighted by atomic mass is 31.2.